The number of urea groups is 1. The molecule has 3 aromatic rings. The Morgan fingerprint density at radius 2 is 1.72 bits per heavy atom. The van der Waals surface area contributed by atoms with Gasteiger partial charge in [-0.2, -0.15) is 13.2 Å². The number of carbonyl (C=O) groups is 3. The molecule has 248 valence electrons. The van der Waals surface area contributed by atoms with Crippen LogP contribution in [0.25, 0.3) is 0 Å². The summed E-state index contributed by atoms with van der Waals surface area (Å²) in [6.07, 6.45) is 1.66. The molecule has 0 aliphatic heterocycles. The molecule has 2 aromatic carbocycles. The molecular weight excluding hydrogens is 614 g/mol. The highest BCUT2D eigenvalue weighted by Crippen LogP contribution is 2.26. The summed E-state index contributed by atoms with van der Waals surface area (Å²) >= 11 is 0. The Kier molecular flexibility index (Phi) is 13.4. The molecule has 2 atom stereocenters. The standard InChI is InChI=1S/C30H34FN3O5.C2HF3O2/c1-21-6-2-8-23(28(21)29(35)36)20-39-27-12-4-11-26(17-27)38-15-14-34(19-22-7-5-13-32-18-22)30(37)33-25-10-3-9-24(31)16-25;3-2(4,5)1(6)7/h2-3,5-10,13,16,18,26-27H,4,11-12,14-15,17,19-20H2,1H3,(H,33,37)(H,35,36);(H,6,7). The number of hydrogen-bond acceptors (Lipinski definition) is 6. The SMILES string of the molecule is Cc1cccc(COC2CCCC(OCCN(Cc3cccnc3)C(=O)Nc3cccc(F)c3)C2)c1C(=O)O.O=C(O)C(F)(F)F. The maximum Gasteiger partial charge on any atom is 0.490 e. The van der Waals surface area contributed by atoms with Gasteiger partial charge in [0, 0.05) is 31.2 Å². The van der Waals surface area contributed by atoms with Gasteiger partial charge in [-0.3, -0.25) is 4.98 Å². The molecule has 0 radical (unpaired) electrons. The topological polar surface area (TPSA) is 138 Å². The van der Waals surface area contributed by atoms with E-state index >= 15 is 0 Å². The number of nitrogens with zero attached hydrogens (tertiary/aromatic N) is 2. The average Bonchev–Trinajstić information content (AvgIpc) is 3.00. The number of anilines is 1. The Labute approximate surface area is 263 Å². The summed E-state index contributed by atoms with van der Waals surface area (Å²) in [5.74, 6) is -4.13. The van der Waals surface area contributed by atoms with Crippen molar-refractivity contribution in [3.05, 3.63) is 95.1 Å². The minimum Gasteiger partial charge on any atom is -0.478 e. The Hall–Kier alpha value is -4.56. The summed E-state index contributed by atoms with van der Waals surface area (Å²) in [5, 5.41) is 19.4. The number of carbonyl (C=O) groups excluding carboxylic acids is 1. The lowest BCUT2D eigenvalue weighted by atomic mass is 9.94. The summed E-state index contributed by atoms with van der Waals surface area (Å²) in [7, 11) is 0. The number of nitrogens with one attached hydrogen (secondary N) is 1. The molecule has 1 aliphatic carbocycles. The number of aryl methyl sites for hydroxylation is 1. The minimum atomic E-state index is -5.08. The van der Waals surface area contributed by atoms with E-state index in [0.717, 1.165) is 24.8 Å². The number of benzene rings is 2. The van der Waals surface area contributed by atoms with E-state index in [0.29, 0.717) is 48.5 Å². The van der Waals surface area contributed by atoms with E-state index in [1.54, 1.807) is 48.5 Å². The molecule has 4 rings (SSSR count). The Bertz CT molecular complexity index is 1460. The van der Waals surface area contributed by atoms with E-state index in [-0.39, 0.29) is 24.8 Å². The quantitative estimate of drug-likeness (QED) is 0.202. The van der Waals surface area contributed by atoms with Gasteiger partial charge in [0.1, 0.15) is 5.82 Å². The summed E-state index contributed by atoms with van der Waals surface area (Å²) in [4.78, 5) is 39.3. The monoisotopic (exact) mass is 649 g/mol. The minimum absolute atomic E-state index is 0.0215. The van der Waals surface area contributed by atoms with Crippen LogP contribution in [0.3, 0.4) is 0 Å². The smallest absolute Gasteiger partial charge is 0.478 e. The third-order valence-corrected chi connectivity index (χ3v) is 7.04. The average molecular weight is 650 g/mol. The van der Waals surface area contributed by atoms with Crippen LogP contribution < -0.4 is 5.32 Å². The maximum atomic E-state index is 13.6. The van der Waals surface area contributed by atoms with Gasteiger partial charge in [-0.05, 0) is 73.6 Å². The number of hydrogen-bond donors (Lipinski definition) is 3. The zero-order valence-corrected chi connectivity index (χ0v) is 25.0. The fourth-order valence-electron chi connectivity index (χ4n) is 4.83. The lowest BCUT2D eigenvalue weighted by molar-refractivity contribution is -0.192. The number of aliphatic carboxylic acids is 1. The van der Waals surface area contributed by atoms with E-state index in [9.17, 15) is 32.3 Å². The number of rotatable bonds is 11. The third-order valence-electron chi connectivity index (χ3n) is 7.04. The zero-order chi connectivity index (χ0) is 33.7. The first-order valence-corrected chi connectivity index (χ1v) is 14.4. The van der Waals surface area contributed by atoms with Crippen molar-refractivity contribution in [3.8, 4) is 0 Å². The van der Waals surface area contributed by atoms with Crippen LogP contribution in [0.5, 0.6) is 0 Å². The molecular formula is C32H35F4N3O7. The fourth-order valence-corrected chi connectivity index (χ4v) is 4.83. The molecule has 1 aliphatic rings. The molecule has 10 nitrogen and oxygen atoms in total. The third kappa shape index (κ3) is 11.7. The van der Waals surface area contributed by atoms with Crippen LogP contribution in [0.15, 0.2) is 67.0 Å². The highest BCUT2D eigenvalue weighted by Gasteiger charge is 2.38. The molecule has 3 N–H and O–H groups in total. The second kappa shape index (κ2) is 17.2. The molecule has 14 heteroatoms. The molecule has 2 amide bonds. The van der Waals surface area contributed by atoms with E-state index in [1.165, 1.54) is 12.1 Å². The number of carboxylic acids is 2. The van der Waals surface area contributed by atoms with E-state index in [2.05, 4.69) is 10.3 Å². The summed E-state index contributed by atoms with van der Waals surface area (Å²) in [6, 6.07) is 14.5. The summed E-state index contributed by atoms with van der Waals surface area (Å²) < 4.78 is 57.6. The van der Waals surface area contributed by atoms with Gasteiger partial charge >= 0.3 is 24.1 Å². The zero-order valence-electron chi connectivity index (χ0n) is 25.0. The highest BCUT2D eigenvalue weighted by molar-refractivity contribution is 5.91. The van der Waals surface area contributed by atoms with Gasteiger partial charge in [-0.1, -0.05) is 30.3 Å². The van der Waals surface area contributed by atoms with Crippen molar-refractivity contribution in [3.63, 3.8) is 0 Å². The largest absolute Gasteiger partial charge is 0.490 e. The van der Waals surface area contributed by atoms with E-state index < -0.39 is 23.9 Å². The first-order chi connectivity index (χ1) is 21.8. The van der Waals surface area contributed by atoms with Crippen molar-refractivity contribution in [1.29, 1.82) is 0 Å². The van der Waals surface area contributed by atoms with Crippen LogP contribution >= 0.6 is 0 Å². The number of alkyl halides is 3. The molecule has 1 fully saturated rings. The highest BCUT2D eigenvalue weighted by atomic mass is 19.4. The molecule has 0 saturated heterocycles. The second-order valence-electron chi connectivity index (χ2n) is 10.5. The van der Waals surface area contributed by atoms with E-state index in [1.807, 2.05) is 18.2 Å². The lowest BCUT2D eigenvalue weighted by Gasteiger charge is -2.30. The van der Waals surface area contributed by atoms with Gasteiger partial charge in [0.05, 0.1) is 31.0 Å². The van der Waals surface area contributed by atoms with Crippen molar-refractivity contribution < 1.29 is 51.6 Å². The van der Waals surface area contributed by atoms with Gasteiger partial charge < -0.3 is 29.9 Å². The maximum absolute atomic E-state index is 13.6. The number of ether oxygens (including phenoxy) is 2. The number of amides is 2. The van der Waals surface area contributed by atoms with Gasteiger partial charge in [0.2, 0.25) is 0 Å². The van der Waals surface area contributed by atoms with Gasteiger partial charge in [-0.25, -0.2) is 18.8 Å². The van der Waals surface area contributed by atoms with Crippen LogP contribution in [0, 0.1) is 12.7 Å². The molecule has 1 aromatic heterocycles. The van der Waals surface area contributed by atoms with Gasteiger partial charge in [0.25, 0.3) is 0 Å². The Morgan fingerprint density at radius 1 is 1.02 bits per heavy atom. The number of aromatic carboxylic acids is 1. The second-order valence-corrected chi connectivity index (χ2v) is 10.5. The van der Waals surface area contributed by atoms with Crippen molar-refractivity contribution in [1.82, 2.24) is 9.88 Å². The van der Waals surface area contributed by atoms with Gasteiger partial charge in [0.15, 0.2) is 0 Å². The summed E-state index contributed by atoms with van der Waals surface area (Å²) in [5.41, 5.74) is 2.93. The number of carboxylic acid groups (broad SMARTS) is 2. The van der Waals surface area contributed by atoms with Crippen molar-refractivity contribution in [2.24, 2.45) is 0 Å². The normalized spacial score (nSPS) is 16.1. The predicted molar refractivity (Wildman–Crippen MR) is 159 cm³/mol. The molecule has 1 heterocycles. The molecule has 0 bridgehead atoms. The summed E-state index contributed by atoms with van der Waals surface area (Å²) in [6.45, 7) is 3.02. The van der Waals surface area contributed by atoms with Crippen molar-refractivity contribution in [2.75, 3.05) is 18.5 Å². The van der Waals surface area contributed by atoms with Crippen molar-refractivity contribution >= 4 is 23.7 Å². The van der Waals surface area contributed by atoms with Crippen LogP contribution in [0.1, 0.15) is 52.7 Å². The van der Waals surface area contributed by atoms with Crippen LogP contribution in [0.2, 0.25) is 0 Å². The number of halogens is 4. The molecule has 46 heavy (non-hydrogen) atoms. The number of aromatic nitrogens is 1. The lowest BCUT2D eigenvalue weighted by Crippen LogP contribution is -2.38. The van der Waals surface area contributed by atoms with Crippen molar-refractivity contribution in [2.45, 2.75) is 64.1 Å². The fraction of sp³-hybridized carbons (Fsp3) is 0.375. The van der Waals surface area contributed by atoms with E-state index in [4.69, 9.17) is 19.4 Å². The Morgan fingerprint density at radius 3 is 2.35 bits per heavy atom. The molecule has 1 saturated carbocycles. The Balaban J connectivity index is 0.000000738. The predicted octanol–water partition coefficient (Wildman–Crippen LogP) is 6.44. The van der Waals surface area contributed by atoms with Crippen LogP contribution in [-0.4, -0.2) is 69.6 Å². The first kappa shape index (κ1) is 35.9. The number of pyridine rings is 1. The van der Waals surface area contributed by atoms with Crippen LogP contribution in [0.4, 0.5) is 28.0 Å². The van der Waals surface area contributed by atoms with Crippen LogP contribution in [-0.2, 0) is 27.4 Å². The first-order valence-electron chi connectivity index (χ1n) is 14.4. The van der Waals surface area contributed by atoms with Gasteiger partial charge in [-0.15, -0.1) is 0 Å². The molecule has 0 spiro atoms. The molecule has 2 unspecified atom stereocenters.